The molecule has 9 N–H and O–H groups in total. The highest BCUT2D eigenvalue weighted by atomic mass is 16.7. The molecule has 0 aliphatic rings. The van der Waals surface area contributed by atoms with Gasteiger partial charge in [-0.1, -0.05) is 26.0 Å². The predicted molar refractivity (Wildman–Crippen MR) is 124 cm³/mol. The number of aliphatic hydroxyl groups is 1. The molecule has 0 saturated carbocycles. The van der Waals surface area contributed by atoms with Crippen molar-refractivity contribution in [1.29, 1.82) is 0 Å². The van der Waals surface area contributed by atoms with Crippen LogP contribution in [0, 0.1) is 5.92 Å². The summed E-state index contributed by atoms with van der Waals surface area (Å²) in [5, 5.41) is 27.8. The van der Waals surface area contributed by atoms with Crippen LogP contribution in [0.1, 0.15) is 32.3 Å². The van der Waals surface area contributed by atoms with Gasteiger partial charge in [-0.15, -0.1) is 0 Å². The van der Waals surface area contributed by atoms with Crippen molar-refractivity contribution in [1.82, 2.24) is 21.4 Å². The van der Waals surface area contributed by atoms with Gasteiger partial charge >= 0.3 is 12.1 Å². The molecule has 0 aromatic heterocycles. The second-order valence-corrected chi connectivity index (χ2v) is 7.82. The third-order valence-electron chi connectivity index (χ3n) is 4.63. The largest absolute Gasteiger partial charge is 0.464 e. The molecule has 0 radical (unpaired) electrons. The van der Waals surface area contributed by atoms with Crippen molar-refractivity contribution in [2.75, 3.05) is 18.5 Å². The lowest BCUT2D eigenvalue weighted by Gasteiger charge is -2.25. The van der Waals surface area contributed by atoms with E-state index in [1.165, 1.54) is 0 Å². The molecular weight excluding hydrogens is 464 g/mol. The first-order chi connectivity index (χ1) is 16.5. The molecule has 0 heterocycles. The Kier molecular flexibility index (Phi) is 12.5. The van der Waals surface area contributed by atoms with Crippen molar-refractivity contribution in [3.8, 4) is 0 Å². The highest BCUT2D eigenvalue weighted by Crippen LogP contribution is 2.12. The number of carbonyl (C=O) groups is 5. The topological polar surface area (TPSA) is 221 Å². The number of aliphatic hydroxyl groups excluding tert-OH is 1. The van der Waals surface area contributed by atoms with Gasteiger partial charge in [0, 0.05) is 12.2 Å². The van der Waals surface area contributed by atoms with Crippen LogP contribution in [0.3, 0.4) is 0 Å². The van der Waals surface area contributed by atoms with Crippen molar-refractivity contribution in [3.05, 3.63) is 29.8 Å². The monoisotopic (exact) mass is 496 g/mol. The molecule has 1 aromatic carbocycles. The minimum Gasteiger partial charge on any atom is -0.464 e. The number of nitrogens with two attached hydrogens (primary N) is 1. The van der Waals surface area contributed by atoms with E-state index in [0.29, 0.717) is 17.7 Å². The molecule has 0 aliphatic carbocycles. The van der Waals surface area contributed by atoms with Crippen molar-refractivity contribution in [3.63, 3.8) is 0 Å². The molecule has 0 bridgehead atoms. The van der Waals surface area contributed by atoms with Crippen LogP contribution in [0.4, 0.5) is 15.3 Å². The Hall–Kier alpha value is -3.91. The number of hydrogen-bond donors (Lipinski definition) is 8. The van der Waals surface area contributed by atoms with E-state index in [0.717, 1.165) is 0 Å². The van der Waals surface area contributed by atoms with Crippen LogP contribution in [0.2, 0.25) is 0 Å². The predicted octanol–water partition coefficient (Wildman–Crippen LogP) is -0.609. The molecule has 2 atom stereocenters. The first-order valence-electron chi connectivity index (χ1n) is 10.8. The van der Waals surface area contributed by atoms with Crippen LogP contribution in [0.25, 0.3) is 0 Å². The first kappa shape index (κ1) is 29.1. The minimum absolute atomic E-state index is 0.150. The third-order valence-corrected chi connectivity index (χ3v) is 4.63. The van der Waals surface area contributed by atoms with Gasteiger partial charge in [0.05, 0.1) is 6.61 Å². The Morgan fingerprint density at radius 2 is 1.69 bits per heavy atom. The lowest BCUT2D eigenvalue weighted by molar-refractivity contribution is -0.134. The number of carboxylic acid groups (broad SMARTS) is 1. The number of hydrogen-bond acceptors (Lipinski definition) is 7. The van der Waals surface area contributed by atoms with Crippen LogP contribution in [-0.4, -0.2) is 65.3 Å². The Bertz CT molecular complexity index is 877. The van der Waals surface area contributed by atoms with Gasteiger partial charge in [-0.05, 0) is 36.5 Å². The average Bonchev–Trinajstić information content (AvgIpc) is 2.79. The molecule has 6 amide bonds. The fourth-order valence-corrected chi connectivity index (χ4v) is 2.88. The Morgan fingerprint density at radius 3 is 2.23 bits per heavy atom. The summed E-state index contributed by atoms with van der Waals surface area (Å²) in [6.45, 7) is 2.72. The fourth-order valence-electron chi connectivity index (χ4n) is 2.88. The minimum atomic E-state index is -1.48. The van der Waals surface area contributed by atoms with E-state index < -0.39 is 48.5 Å². The standard InChI is InChI=1S/C21H32N6O8/c1-12(2)17(26-16(29)11-35-27-21(33)34)19(31)25-15(4-3-9-23-20(22)32)18(30)24-14-7-5-13(10-28)6-8-14/h5-8,12,15,17,27-28H,3-4,9-11H2,1-2H3,(H,24,30)(H,25,31)(H,26,29)(H,33,34)(H3,22,23,32)/t15-,17-/m0/s1. The summed E-state index contributed by atoms with van der Waals surface area (Å²) in [6.07, 6.45) is -1.02. The van der Waals surface area contributed by atoms with E-state index in [1.54, 1.807) is 43.6 Å². The van der Waals surface area contributed by atoms with E-state index in [9.17, 15) is 24.0 Å². The Morgan fingerprint density at radius 1 is 1.03 bits per heavy atom. The Labute approximate surface area is 201 Å². The van der Waals surface area contributed by atoms with Gasteiger partial charge in [0.15, 0.2) is 6.61 Å². The van der Waals surface area contributed by atoms with Crippen LogP contribution < -0.4 is 32.5 Å². The molecule has 1 rings (SSSR count). The zero-order valence-electron chi connectivity index (χ0n) is 19.5. The summed E-state index contributed by atoms with van der Waals surface area (Å²) < 4.78 is 0. The Balaban J connectivity index is 2.86. The lowest BCUT2D eigenvalue weighted by atomic mass is 10.0. The normalized spacial score (nSPS) is 12.2. The zero-order chi connectivity index (χ0) is 26.4. The number of anilines is 1. The number of hydroxylamine groups is 1. The lowest BCUT2D eigenvalue weighted by Crippen LogP contribution is -2.55. The number of nitrogens with one attached hydrogen (secondary N) is 5. The molecule has 1 aromatic rings. The van der Waals surface area contributed by atoms with E-state index in [2.05, 4.69) is 26.1 Å². The number of primary amides is 1. The highest BCUT2D eigenvalue weighted by Gasteiger charge is 2.29. The first-order valence-corrected chi connectivity index (χ1v) is 10.8. The van der Waals surface area contributed by atoms with Crippen molar-refractivity contribution < 1.29 is 39.0 Å². The molecular formula is C21H32N6O8. The highest BCUT2D eigenvalue weighted by molar-refractivity contribution is 5.98. The third kappa shape index (κ3) is 11.7. The van der Waals surface area contributed by atoms with Crippen LogP contribution in [0.5, 0.6) is 0 Å². The molecule has 0 aliphatic heterocycles. The number of urea groups is 1. The summed E-state index contributed by atoms with van der Waals surface area (Å²) in [6, 6.07) is 3.67. The molecule has 0 fully saturated rings. The number of carbonyl (C=O) groups excluding carboxylic acids is 4. The van der Waals surface area contributed by atoms with Crippen molar-refractivity contribution >= 4 is 35.5 Å². The molecule has 194 valence electrons. The summed E-state index contributed by atoms with van der Waals surface area (Å²) in [7, 11) is 0. The number of amides is 6. The summed E-state index contributed by atoms with van der Waals surface area (Å²) >= 11 is 0. The summed E-state index contributed by atoms with van der Waals surface area (Å²) in [5.41, 5.74) is 7.71. The molecule has 35 heavy (non-hydrogen) atoms. The van der Waals surface area contributed by atoms with Crippen molar-refractivity contribution in [2.24, 2.45) is 11.7 Å². The average molecular weight is 497 g/mol. The molecule has 0 unspecified atom stereocenters. The fraction of sp³-hybridized carbons (Fsp3) is 0.476. The van der Waals surface area contributed by atoms with Crippen LogP contribution in [-0.2, 0) is 25.8 Å². The molecule has 14 nitrogen and oxygen atoms in total. The second-order valence-electron chi connectivity index (χ2n) is 7.82. The molecule has 14 heteroatoms. The van der Waals surface area contributed by atoms with Crippen LogP contribution >= 0.6 is 0 Å². The summed E-state index contributed by atoms with van der Waals surface area (Å²) in [4.78, 5) is 63.6. The maximum absolute atomic E-state index is 12.9. The smallest absolute Gasteiger partial charge is 0.428 e. The maximum Gasteiger partial charge on any atom is 0.428 e. The zero-order valence-corrected chi connectivity index (χ0v) is 19.5. The maximum atomic E-state index is 12.9. The SMILES string of the molecule is CC(C)[C@H](NC(=O)CONC(=O)O)C(=O)N[C@@H](CCCNC(N)=O)C(=O)Nc1ccc(CO)cc1. The van der Waals surface area contributed by atoms with E-state index in [1.807, 2.05) is 0 Å². The van der Waals surface area contributed by atoms with Gasteiger partial charge in [-0.3, -0.25) is 19.2 Å². The number of benzene rings is 1. The summed E-state index contributed by atoms with van der Waals surface area (Å²) in [5.74, 6) is -2.30. The van der Waals surface area contributed by atoms with Crippen LogP contribution in [0.15, 0.2) is 24.3 Å². The van der Waals surface area contributed by atoms with E-state index in [-0.39, 0.29) is 25.5 Å². The van der Waals surface area contributed by atoms with E-state index in [4.69, 9.17) is 15.9 Å². The van der Waals surface area contributed by atoms with Gasteiger partial charge in [-0.2, -0.15) is 5.48 Å². The number of rotatable bonds is 14. The molecule has 0 saturated heterocycles. The second kappa shape index (κ2) is 15.1. The van der Waals surface area contributed by atoms with Gasteiger partial charge in [-0.25, -0.2) is 9.59 Å². The quantitative estimate of drug-likeness (QED) is 0.122. The molecule has 0 spiro atoms. The van der Waals surface area contributed by atoms with Gasteiger partial charge in [0.1, 0.15) is 12.1 Å². The van der Waals surface area contributed by atoms with Gasteiger partial charge in [0.2, 0.25) is 17.7 Å². The van der Waals surface area contributed by atoms with Gasteiger partial charge in [0.25, 0.3) is 0 Å². The van der Waals surface area contributed by atoms with E-state index >= 15 is 0 Å². The van der Waals surface area contributed by atoms with Gasteiger partial charge < -0.3 is 37.2 Å². The van der Waals surface area contributed by atoms with Crippen molar-refractivity contribution in [2.45, 2.75) is 45.4 Å².